The maximum absolute atomic E-state index is 11.7. The zero-order valence-electron chi connectivity index (χ0n) is 11.0. The Morgan fingerprint density at radius 1 is 1.44 bits per heavy atom. The lowest BCUT2D eigenvalue weighted by Gasteiger charge is -2.19. The minimum atomic E-state index is -2.92. The maximum Gasteiger partial charge on any atom is 0.151 e. The molecular weight excluding hydrogens is 266 g/mol. The molecule has 0 aromatic carbocycles. The van der Waals surface area contributed by atoms with E-state index in [1.807, 2.05) is 0 Å². The fraction of sp³-hybridized carbons (Fsp3) is 0.692. The van der Waals surface area contributed by atoms with Crippen molar-refractivity contribution in [2.24, 2.45) is 0 Å². The van der Waals surface area contributed by atoms with E-state index in [2.05, 4.69) is 23.7 Å². The summed E-state index contributed by atoms with van der Waals surface area (Å²) < 4.78 is 23.4. The molecule has 3 nitrogen and oxygen atoms in total. The van der Waals surface area contributed by atoms with Gasteiger partial charge in [-0.3, -0.25) is 0 Å². The normalized spacial score (nSPS) is 24.6. The van der Waals surface area contributed by atoms with Crippen molar-refractivity contribution in [1.82, 2.24) is 5.32 Å². The SMILES string of the molecule is CCc1ccsc1CNC1CCCC1S(C)(=O)=O. The maximum atomic E-state index is 11.7. The Balaban J connectivity index is 1.98. The van der Waals surface area contributed by atoms with E-state index in [0.717, 1.165) is 32.2 Å². The summed E-state index contributed by atoms with van der Waals surface area (Å²) in [5.41, 5.74) is 1.38. The van der Waals surface area contributed by atoms with E-state index in [1.165, 1.54) is 16.7 Å². The van der Waals surface area contributed by atoms with Crippen LogP contribution < -0.4 is 5.32 Å². The molecule has 1 N–H and O–H groups in total. The molecular formula is C13H21NO2S2. The van der Waals surface area contributed by atoms with Gasteiger partial charge < -0.3 is 5.32 Å². The predicted molar refractivity (Wildman–Crippen MR) is 76.8 cm³/mol. The van der Waals surface area contributed by atoms with Crippen LogP contribution in [0.3, 0.4) is 0 Å². The highest BCUT2D eigenvalue weighted by molar-refractivity contribution is 7.91. The second kappa shape index (κ2) is 5.72. The lowest BCUT2D eigenvalue weighted by molar-refractivity contribution is 0.508. The number of thiophene rings is 1. The number of sulfone groups is 1. The molecule has 2 atom stereocenters. The molecule has 5 heteroatoms. The van der Waals surface area contributed by atoms with Gasteiger partial charge in [-0.05, 0) is 36.3 Å². The van der Waals surface area contributed by atoms with Crippen LogP contribution in [0.25, 0.3) is 0 Å². The van der Waals surface area contributed by atoms with E-state index >= 15 is 0 Å². The number of hydrogen-bond donors (Lipinski definition) is 1. The highest BCUT2D eigenvalue weighted by Gasteiger charge is 2.34. The Hall–Kier alpha value is -0.390. The minimum Gasteiger partial charge on any atom is -0.308 e. The van der Waals surface area contributed by atoms with Gasteiger partial charge in [-0.2, -0.15) is 0 Å². The van der Waals surface area contributed by atoms with Gasteiger partial charge in [0.25, 0.3) is 0 Å². The molecule has 1 aliphatic carbocycles. The molecule has 2 rings (SSSR count). The molecule has 1 aliphatic rings. The average molecular weight is 287 g/mol. The Bertz CT molecular complexity index is 493. The van der Waals surface area contributed by atoms with Crippen LogP contribution in [0.15, 0.2) is 11.4 Å². The first kappa shape index (κ1) is 14.0. The van der Waals surface area contributed by atoms with Crippen LogP contribution in [-0.4, -0.2) is 26.0 Å². The average Bonchev–Trinajstić information content (AvgIpc) is 2.93. The van der Waals surface area contributed by atoms with E-state index in [-0.39, 0.29) is 11.3 Å². The fourth-order valence-corrected chi connectivity index (χ4v) is 5.08. The zero-order valence-corrected chi connectivity index (χ0v) is 12.6. The van der Waals surface area contributed by atoms with Gasteiger partial charge in [0.15, 0.2) is 9.84 Å². The van der Waals surface area contributed by atoms with Crippen LogP contribution in [0, 0.1) is 0 Å². The van der Waals surface area contributed by atoms with Crippen LogP contribution in [0.1, 0.15) is 36.6 Å². The number of rotatable bonds is 5. The molecule has 1 aromatic rings. The molecule has 1 aromatic heterocycles. The molecule has 0 radical (unpaired) electrons. The molecule has 102 valence electrons. The second-order valence-electron chi connectivity index (χ2n) is 5.01. The first-order chi connectivity index (χ1) is 8.52. The third-order valence-electron chi connectivity index (χ3n) is 3.75. The summed E-state index contributed by atoms with van der Waals surface area (Å²) in [6, 6.07) is 2.29. The van der Waals surface area contributed by atoms with Crippen molar-refractivity contribution in [2.75, 3.05) is 6.26 Å². The summed E-state index contributed by atoms with van der Waals surface area (Å²) in [5, 5.41) is 5.36. The topological polar surface area (TPSA) is 46.2 Å². The van der Waals surface area contributed by atoms with Crippen molar-refractivity contribution in [2.45, 2.75) is 50.4 Å². The Labute approximate surface area is 114 Å². The van der Waals surface area contributed by atoms with E-state index in [9.17, 15) is 8.42 Å². The molecule has 1 fully saturated rings. The summed E-state index contributed by atoms with van der Waals surface area (Å²) in [4.78, 5) is 1.34. The summed E-state index contributed by atoms with van der Waals surface area (Å²) in [6.45, 7) is 2.96. The van der Waals surface area contributed by atoms with E-state index in [1.54, 1.807) is 11.3 Å². The van der Waals surface area contributed by atoms with Crippen LogP contribution in [0.5, 0.6) is 0 Å². The predicted octanol–water partition coefficient (Wildman–Crippen LogP) is 2.37. The molecule has 0 saturated heterocycles. The highest BCUT2D eigenvalue weighted by Crippen LogP contribution is 2.26. The molecule has 1 heterocycles. The summed E-state index contributed by atoms with van der Waals surface area (Å²) in [6.07, 6.45) is 5.20. The van der Waals surface area contributed by atoms with Gasteiger partial charge in [-0.1, -0.05) is 13.3 Å². The smallest absolute Gasteiger partial charge is 0.151 e. The fourth-order valence-electron chi connectivity index (χ4n) is 2.73. The van der Waals surface area contributed by atoms with Crippen molar-refractivity contribution in [3.05, 3.63) is 21.9 Å². The third-order valence-corrected chi connectivity index (χ3v) is 6.37. The Morgan fingerprint density at radius 3 is 2.89 bits per heavy atom. The van der Waals surface area contributed by atoms with E-state index < -0.39 is 9.84 Å². The van der Waals surface area contributed by atoms with E-state index in [0.29, 0.717) is 0 Å². The van der Waals surface area contributed by atoms with E-state index in [4.69, 9.17) is 0 Å². The largest absolute Gasteiger partial charge is 0.308 e. The van der Waals surface area contributed by atoms with Gasteiger partial charge in [0.1, 0.15) is 0 Å². The third kappa shape index (κ3) is 3.13. The van der Waals surface area contributed by atoms with Gasteiger partial charge in [-0.25, -0.2) is 8.42 Å². The van der Waals surface area contributed by atoms with Crippen molar-refractivity contribution in [1.29, 1.82) is 0 Å². The standard InChI is InChI=1S/C13H21NO2S2/c1-3-10-7-8-17-12(10)9-14-11-5-4-6-13(11)18(2,15)16/h7-8,11,13-14H,3-6,9H2,1-2H3. The molecule has 18 heavy (non-hydrogen) atoms. The van der Waals surface area contributed by atoms with Crippen LogP contribution in [-0.2, 0) is 22.8 Å². The summed E-state index contributed by atoms with van der Waals surface area (Å²) >= 11 is 1.75. The van der Waals surface area contributed by atoms with Crippen LogP contribution in [0.4, 0.5) is 0 Å². The van der Waals surface area contributed by atoms with Crippen LogP contribution in [0.2, 0.25) is 0 Å². The van der Waals surface area contributed by atoms with Crippen molar-refractivity contribution < 1.29 is 8.42 Å². The Kier molecular flexibility index (Phi) is 4.45. The second-order valence-corrected chi connectivity index (χ2v) is 8.27. The van der Waals surface area contributed by atoms with Gasteiger partial charge in [0, 0.05) is 23.7 Å². The van der Waals surface area contributed by atoms with Gasteiger partial charge in [0.05, 0.1) is 5.25 Å². The first-order valence-electron chi connectivity index (χ1n) is 6.50. The molecule has 0 bridgehead atoms. The van der Waals surface area contributed by atoms with Gasteiger partial charge in [0.2, 0.25) is 0 Å². The van der Waals surface area contributed by atoms with Gasteiger partial charge >= 0.3 is 0 Å². The lowest BCUT2D eigenvalue weighted by Crippen LogP contribution is -2.39. The number of hydrogen-bond acceptors (Lipinski definition) is 4. The zero-order chi connectivity index (χ0) is 13.2. The molecule has 0 amide bonds. The minimum absolute atomic E-state index is 0.131. The quantitative estimate of drug-likeness (QED) is 0.904. The number of aryl methyl sites for hydroxylation is 1. The first-order valence-corrected chi connectivity index (χ1v) is 9.33. The summed E-state index contributed by atoms with van der Waals surface area (Å²) in [5.74, 6) is 0. The lowest BCUT2D eigenvalue weighted by atomic mass is 10.2. The van der Waals surface area contributed by atoms with Crippen LogP contribution >= 0.6 is 11.3 Å². The number of nitrogens with one attached hydrogen (secondary N) is 1. The monoisotopic (exact) mass is 287 g/mol. The van der Waals surface area contributed by atoms with Crippen molar-refractivity contribution in [3.63, 3.8) is 0 Å². The van der Waals surface area contributed by atoms with Crippen molar-refractivity contribution in [3.8, 4) is 0 Å². The highest BCUT2D eigenvalue weighted by atomic mass is 32.2. The molecule has 0 aliphatic heterocycles. The van der Waals surface area contributed by atoms with Gasteiger partial charge in [-0.15, -0.1) is 11.3 Å². The summed E-state index contributed by atoms with van der Waals surface area (Å²) in [7, 11) is -2.92. The molecule has 0 spiro atoms. The molecule has 1 saturated carbocycles. The Morgan fingerprint density at radius 2 is 2.22 bits per heavy atom. The van der Waals surface area contributed by atoms with Crippen molar-refractivity contribution >= 4 is 21.2 Å². The molecule has 2 unspecified atom stereocenters.